The van der Waals surface area contributed by atoms with Crippen LogP contribution in [0.15, 0.2) is 21.1 Å². The lowest BCUT2D eigenvalue weighted by Crippen LogP contribution is -2.40. The van der Waals surface area contributed by atoms with Crippen LogP contribution < -0.4 is 10.1 Å². The third-order valence-corrected chi connectivity index (χ3v) is 4.75. The monoisotopic (exact) mass is 418 g/mol. The number of carbonyl (C=O) groups is 1. The van der Waals surface area contributed by atoms with E-state index in [9.17, 15) is 4.79 Å². The molecule has 0 aliphatic carbocycles. The molecule has 1 aliphatic rings. The molecule has 0 radical (unpaired) electrons. The van der Waals surface area contributed by atoms with Crippen molar-refractivity contribution in [3.63, 3.8) is 0 Å². The van der Waals surface area contributed by atoms with Gasteiger partial charge in [0.25, 0.3) is 0 Å². The predicted octanol–water partition coefficient (Wildman–Crippen LogP) is 3.32. The Kier molecular flexibility index (Phi) is 6.51. The highest BCUT2D eigenvalue weighted by molar-refractivity contribution is 9.11. The molecule has 6 heteroatoms. The molecule has 21 heavy (non-hydrogen) atoms. The number of nitrogens with zero attached hydrogens (tertiary/aromatic N) is 1. The molecule has 1 aromatic rings. The second-order valence-electron chi connectivity index (χ2n) is 5.14. The zero-order valence-electron chi connectivity index (χ0n) is 12.1. The summed E-state index contributed by atoms with van der Waals surface area (Å²) < 4.78 is 7.08. The number of benzene rings is 1. The third-order valence-electron chi connectivity index (χ3n) is 3.58. The van der Waals surface area contributed by atoms with Crippen LogP contribution in [0, 0.1) is 0 Å². The van der Waals surface area contributed by atoms with E-state index in [-0.39, 0.29) is 5.91 Å². The lowest BCUT2D eigenvalue weighted by atomic mass is 10.1. The summed E-state index contributed by atoms with van der Waals surface area (Å²) in [7, 11) is 1.64. The number of rotatable bonds is 5. The van der Waals surface area contributed by atoms with Crippen LogP contribution in [0.1, 0.15) is 24.8 Å². The fourth-order valence-corrected chi connectivity index (χ4v) is 4.08. The van der Waals surface area contributed by atoms with Crippen LogP contribution in [0.2, 0.25) is 0 Å². The second kappa shape index (κ2) is 8.15. The van der Waals surface area contributed by atoms with E-state index >= 15 is 0 Å². The fraction of sp³-hybridized carbons (Fsp3) is 0.533. The van der Waals surface area contributed by atoms with Crippen LogP contribution in [-0.2, 0) is 11.3 Å². The molecule has 0 bridgehead atoms. The minimum atomic E-state index is 0.196. The summed E-state index contributed by atoms with van der Waals surface area (Å²) in [5, 5.41) is 3.22. The predicted molar refractivity (Wildman–Crippen MR) is 90.5 cm³/mol. The molecule has 0 spiro atoms. The molecular formula is C15H20Br2N2O2. The zero-order valence-corrected chi connectivity index (χ0v) is 15.3. The van der Waals surface area contributed by atoms with E-state index in [1.807, 2.05) is 17.0 Å². The van der Waals surface area contributed by atoms with Crippen molar-refractivity contribution in [3.05, 3.63) is 26.6 Å². The van der Waals surface area contributed by atoms with E-state index in [4.69, 9.17) is 4.74 Å². The van der Waals surface area contributed by atoms with Crippen molar-refractivity contribution in [2.45, 2.75) is 25.8 Å². The fourth-order valence-electron chi connectivity index (χ4n) is 2.48. The Morgan fingerprint density at radius 3 is 2.43 bits per heavy atom. The highest BCUT2D eigenvalue weighted by atomic mass is 79.9. The van der Waals surface area contributed by atoms with Crippen molar-refractivity contribution in [2.75, 3.05) is 26.7 Å². The van der Waals surface area contributed by atoms with Gasteiger partial charge in [-0.3, -0.25) is 4.79 Å². The zero-order chi connectivity index (χ0) is 15.2. The molecule has 1 fully saturated rings. The first-order valence-corrected chi connectivity index (χ1v) is 8.71. The average molecular weight is 420 g/mol. The van der Waals surface area contributed by atoms with Gasteiger partial charge in [-0.15, -0.1) is 0 Å². The largest absolute Gasteiger partial charge is 0.494 e. The lowest BCUT2D eigenvalue weighted by Gasteiger charge is -2.26. The number of hydrogen-bond acceptors (Lipinski definition) is 3. The first kappa shape index (κ1) is 16.8. The first-order chi connectivity index (χ1) is 10.1. The number of ether oxygens (including phenoxy) is 1. The van der Waals surface area contributed by atoms with Gasteiger partial charge in [0.2, 0.25) is 5.91 Å². The van der Waals surface area contributed by atoms with E-state index < -0.39 is 0 Å². The summed E-state index contributed by atoms with van der Waals surface area (Å²) in [6, 6.07) is 4.00. The van der Waals surface area contributed by atoms with Gasteiger partial charge in [0.05, 0.1) is 22.6 Å². The quantitative estimate of drug-likeness (QED) is 0.795. The molecule has 0 unspecified atom stereocenters. The second-order valence-corrected chi connectivity index (χ2v) is 6.85. The van der Waals surface area contributed by atoms with E-state index in [1.54, 1.807) is 7.11 Å². The van der Waals surface area contributed by atoms with Crippen molar-refractivity contribution in [1.29, 1.82) is 0 Å². The van der Waals surface area contributed by atoms with E-state index in [1.165, 1.54) is 6.42 Å². The molecule has 1 N–H and O–H groups in total. The smallest absolute Gasteiger partial charge is 0.236 e. The number of halogens is 2. The highest BCUT2D eigenvalue weighted by Crippen LogP contribution is 2.34. The number of likely N-dealkylation sites (tertiary alicyclic amines) is 1. The highest BCUT2D eigenvalue weighted by Gasteiger charge is 2.15. The Morgan fingerprint density at radius 1 is 1.24 bits per heavy atom. The molecule has 1 aromatic carbocycles. The van der Waals surface area contributed by atoms with Crippen LogP contribution in [0.25, 0.3) is 0 Å². The summed E-state index contributed by atoms with van der Waals surface area (Å²) in [6.07, 6.45) is 3.50. The standard InChI is InChI=1S/C15H20Br2N2O2/c1-21-15-12(16)7-11(8-13(15)17)9-18-10-14(20)19-5-3-2-4-6-19/h7-8,18H,2-6,9-10H2,1H3. The number of nitrogens with one attached hydrogen (secondary N) is 1. The van der Waals surface area contributed by atoms with Gasteiger partial charge in [-0.25, -0.2) is 0 Å². The van der Waals surface area contributed by atoms with Gasteiger partial charge in [0.15, 0.2) is 0 Å². The average Bonchev–Trinajstić information content (AvgIpc) is 2.48. The topological polar surface area (TPSA) is 41.6 Å². The van der Waals surface area contributed by atoms with Crippen LogP contribution in [0.3, 0.4) is 0 Å². The molecule has 1 heterocycles. The molecule has 1 saturated heterocycles. The van der Waals surface area contributed by atoms with E-state index in [0.717, 1.165) is 46.2 Å². The molecule has 116 valence electrons. The SMILES string of the molecule is COc1c(Br)cc(CNCC(=O)N2CCCCC2)cc1Br. The number of amides is 1. The molecule has 2 rings (SSSR count). The molecular weight excluding hydrogens is 400 g/mol. The maximum Gasteiger partial charge on any atom is 0.236 e. The van der Waals surface area contributed by atoms with Gasteiger partial charge in [-0.1, -0.05) is 0 Å². The van der Waals surface area contributed by atoms with Gasteiger partial charge < -0.3 is 15.0 Å². The van der Waals surface area contributed by atoms with E-state index in [0.29, 0.717) is 13.1 Å². The van der Waals surface area contributed by atoms with Crippen molar-refractivity contribution in [3.8, 4) is 5.75 Å². The molecule has 0 saturated carbocycles. The molecule has 1 aliphatic heterocycles. The Labute approximate surface area is 142 Å². The summed E-state index contributed by atoms with van der Waals surface area (Å²) >= 11 is 6.97. The van der Waals surface area contributed by atoms with Gasteiger partial charge in [0, 0.05) is 19.6 Å². The van der Waals surface area contributed by atoms with Gasteiger partial charge >= 0.3 is 0 Å². The van der Waals surface area contributed by atoms with Crippen LogP contribution in [-0.4, -0.2) is 37.6 Å². The minimum Gasteiger partial charge on any atom is -0.494 e. The lowest BCUT2D eigenvalue weighted by molar-refractivity contribution is -0.131. The number of piperidine rings is 1. The van der Waals surface area contributed by atoms with Crippen molar-refractivity contribution in [1.82, 2.24) is 10.2 Å². The molecule has 0 atom stereocenters. The Balaban J connectivity index is 1.84. The van der Waals surface area contributed by atoms with Gasteiger partial charge in [-0.05, 0) is 68.8 Å². The number of carbonyl (C=O) groups excluding carboxylic acids is 1. The van der Waals surface area contributed by atoms with Crippen LogP contribution in [0.4, 0.5) is 0 Å². The number of hydrogen-bond donors (Lipinski definition) is 1. The molecule has 4 nitrogen and oxygen atoms in total. The third kappa shape index (κ3) is 4.69. The number of methoxy groups -OCH3 is 1. The normalized spacial score (nSPS) is 15.1. The summed E-state index contributed by atoms with van der Waals surface area (Å²) in [6.45, 7) is 2.85. The van der Waals surface area contributed by atoms with E-state index in [2.05, 4.69) is 37.2 Å². The minimum absolute atomic E-state index is 0.196. The Hall–Kier alpha value is -0.590. The maximum atomic E-state index is 12.0. The molecule has 1 amide bonds. The van der Waals surface area contributed by atoms with Crippen molar-refractivity contribution >= 4 is 37.8 Å². The van der Waals surface area contributed by atoms with Crippen LogP contribution >= 0.6 is 31.9 Å². The van der Waals surface area contributed by atoms with Crippen molar-refractivity contribution in [2.24, 2.45) is 0 Å². The van der Waals surface area contributed by atoms with Gasteiger partial charge in [0.1, 0.15) is 5.75 Å². The van der Waals surface area contributed by atoms with Crippen molar-refractivity contribution < 1.29 is 9.53 Å². The van der Waals surface area contributed by atoms with Crippen LogP contribution in [0.5, 0.6) is 5.75 Å². The summed E-state index contributed by atoms with van der Waals surface area (Å²) in [4.78, 5) is 14.0. The first-order valence-electron chi connectivity index (χ1n) is 7.12. The summed E-state index contributed by atoms with van der Waals surface area (Å²) in [5.41, 5.74) is 1.10. The Morgan fingerprint density at radius 2 is 1.86 bits per heavy atom. The molecule has 0 aromatic heterocycles. The Bertz CT molecular complexity index is 479. The summed E-state index contributed by atoms with van der Waals surface area (Å²) in [5.74, 6) is 0.976. The van der Waals surface area contributed by atoms with Gasteiger partial charge in [-0.2, -0.15) is 0 Å². The maximum absolute atomic E-state index is 12.0.